The van der Waals surface area contributed by atoms with Crippen molar-refractivity contribution < 1.29 is 19.4 Å². The van der Waals surface area contributed by atoms with E-state index in [-0.39, 0.29) is 25.5 Å². The monoisotopic (exact) mass is 290 g/mol. The zero-order valence-corrected chi connectivity index (χ0v) is 11.1. The fraction of sp³-hybridized carbons (Fsp3) is 0.231. The van der Waals surface area contributed by atoms with E-state index in [2.05, 4.69) is 10.1 Å². The lowest BCUT2D eigenvalue weighted by Gasteiger charge is -2.08. The summed E-state index contributed by atoms with van der Waals surface area (Å²) in [6, 6.07) is 6.91. The minimum atomic E-state index is -0.938. The molecule has 0 aliphatic heterocycles. The van der Waals surface area contributed by atoms with Gasteiger partial charge in [0.25, 0.3) is 0 Å². The second-order valence-corrected chi connectivity index (χ2v) is 4.30. The van der Waals surface area contributed by atoms with Gasteiger partial charge >= 0.3 is 11.9 Å². The number of nitrogens with zero attached hydrogens (tertiary/aromatic N) is 3. The van der Waals surface area contributed by atoms with Crippen LogP contribution in [-0.2, 0) is 33.9 Å². The van der Waals surface area contributed by atoms with E-state index in [1.54, 1.807) is 24.3 Å². The lowest BCUT2D eigenvalue weighted by Crippen LogP contribution is -2.15. The molecule has 1 heterocycles. The zero-order valence-electron chi connectivity index (χ0n) is 11.1. The summed E-state index contributed by atoms with van der Waals surface area (Å²) in [7, 11) is 0. The summed E-state index contributed by atoms with van der Waals surface area (Å²) < 4.78 is 6.37. The fourth-order valence-corrected chi connectivity index (χ4v) is 1.76. The van der Waals surface area contributed by atoms with E-state index >= 15 is 0 Å². The van der Waals surface area contributed by atoms with E-state index in [9.17, 15) is 9.59 Å². The smallest absolute Gasteiger partial charge is 0.328 e. The molecule has 0 radical (unpaired) electrons. The number of hydrogen-bond donors (Lipinski definition) is 2. The van der Waals surface area contributed by atoms with Crippen molar-refractivity contribution in [2.45, 2.75) is 19.6 Å². The van der Waals surface area contributed by atoms with Crippen molar-refractivity contribution in [3.63, 3.8) is 0 Å². The Kier molecular flexibility index (Phi) is 4.50. The number of nitrogens with two attached hydrogens (primary N) is 1. The summed E-state index contributed by atoms with van der Waals surface area (Å²) in [5.74, 6) is -1.37. The molecule has 0 aliphatic carbocycles. The quantitative estimate of drug-likeness (QED) is 0.730. The van der Waals surface area contributed by atoms with Crippen molar-refractivity contribution in [1.29, 1.82) is 0 Å². The molecule has 0 amide bonds. The number of carboxylic acids is 1. The van der Waals surface area contributed by atoms with Crippen LogP contribution in [0.5, 0.6) is 0 Å². The Morgan fingerprint density at radius 2 is 2.00 bits per heavy atom. The van der Waals surface area contributed by atoms with Gasteiger partial charge in [0.2, 0.25) is 5.95 Å². The summed E-state index contributed by atoms with van der Waals surface area (Å²) in [4.78, 5) is 26.1. The second kappa shape index (κ2) is 6.51. The normalized spacial score (nSPS) is 10.3. The Bertz CT molecular complexity index is 653. The molecular weight excluding hydrogens is 276 g/mol. The SMILES string of the molecule is Nc1ncn(CC(=O)OCc2ccccc2CC(=O)O)n1. The Hall–Kier alpha value is -2.90. The van der Waals surface area contributed by atoms with E-state index in [4.69, 9.17) is 15.6 Å². The maximum absolute atomic E-state index is 11.7. The number of carbonyl (C=O) groups is 2. The minimum absolute atomic E-state index is 0.00641. The molecule has 2 rings (SSSR count). The first kappa shape index (κ1) is 14.5. The van der Waals surface area contributed by atoms with Crippen molar-refractivity contribution in [3.8, 4) is 0 Å². The van der Waals surface area contributed by atoms with Crippen LogP contribution in [0.2, 0.25) is 0 Å². The molecular formula is C13H14N4O4. The van der Waals surface area contributed by atoms with E-state index < -0.39 is 11.9 Å². The minimum Gasteiger partial charge on any atom is -0.481 e. The third kappa shape index (κ3) is 4.30. The number of aliphatic carboxylic acids is 1. The third-order valence-corrected chi connectivity index (χ3v) is 2.69. The summed E-state index contributed by atoms with van der Waals surface area (Å²) >= 11 is 0. The van der Waals surface area contributed by atoms with Crippen molar-refractivity contribution in [2.24, 2.45) is 0 Å². The fourth-order valence-electron chi connectivity index (χ4n) is 1.76. The second-order valence-electron chi connectivity index (χ2n) is 4.30. The molecule has 0 spiro atoms. The van der Waals surface area contributed by atoms with Gasteiger partial charge in [-0.05, 0) is 11.1 Å². The number of nitrogen functional groups attached to an aromatic ring is 1. The molecule has 0 saturated heterocycles. The van der Waals surface area contributed by atoms with Crippen LogP contribution in [-0.4, -0.2) is 31.8 Å². The Balaban J connectivity index is 1.93. The first-order valence-electron chi connectivity index (χ1n) is 6.13. The van der Waals surface area contributed by atoms with Gasteiger partial charge in [-0.2, -0.15) is 0 Å². The van der Waals surface area contributed by atoms with Crippen LogP contribution < -0.4 is 5.73 Å². The maximum atomic E-state index is 11.7. The molecule has 8 nitrogen and oxygen atoms in total. The molecule has 8 heteroatoms. The van der Waals surface area contributed by atoms with Gasteiger partial charge in [0, 0.05) is 0 Å². The van der Waals surface area contributed by atoms with E-state index in [1.165, 1.54) is 11.0 Å². The number of anilines is 1. The molecule has 110 valence electrons. The number of rotatable bonds is 6. The van der Waals surface area contributed by atoms with Crippen LogP contribution in [0.3, 0.4) is 0 Å². The summed E-state index contributed by atoms with van der Waals surface area (Å²) in [5.41, 5.74) is 6.61. The summed E-state index contributed by atoms with van der Waals surface area (Å²) in [5, 5.41) is 12.6. The van der Waals surface area contributed by atoms with Gasteiger partial charge in [-0.1, -0.05) is 24.3 Å². The molecule has 1 aromatic carbocycles. The highest BCUT2D eigenvalue weighted by Crippen LogP contribution is 2.11. The largest absolute Gasteiger partial charge is 0.481 e. The Labute approximate surface area is 120 Å². The third-order valence-electron chi connectivity index (χ3n) is 2.69. The standard InChI is InChI=1S/C13H14N4O4/c14-13-15-8-17(16-13)6-12(20)21-7-10-4-2-1-3-9(10)5-11(18)19/h1-4,8H,5-7H2,(H2,14,16)(H,18,19). The number of ether oxygens (including phenoxy) is 1. The van der Waals surface area contributed by atoms with Crippen molar-refractivity contribution in [1.82, 2.24) is 14.8 Å². The Morgan fingerprint density at radius 1 is 1.29 bits per heavy atom. The highest BCUT2D eigenvalue weighted by atomic mass is 16.5. The number of benzene rings is 1. The lowest BCUT2D eigenvalue weighted by atomic mass is 10.1. The molecule has 21 heavy (non-hydrogen) atoms. The lowest BCUT2D eigenvalue weighted by molar-refractivity contribution is -0.145. The van der Waals surface area contributed by atoms with E-state index in [1.807, 2.05) is 0 Å². The van der Waals surface area contributed by atoms with Crippen LogP contribution in [0.15, 0.2) is 30.6 Å². The number of esters is 1. The number of carbonyl (C=O) groups excluding carboxylic acids is 1. The molecule has 1 aromatic heterocycles. The molecule has 2 aromatic rings. The van der Waals surface area contributed by atoms with Crippen LogP contribution in [0, 0.1) is 0 Å². The number of carboxylic acid groups (broad SMARTS) is 1. The summed E-state index contributed by atoms with van der Waals surface area (Å²) in [6.07, 6.45) is 1.21. The molecule has 0 atom stereocenters. The van der Waals surface area contributed by atoms with Gasteiger partial charge in [0.1, 0.15) is 19.5 Å². The van der Waals surface area contributed by atoms with Crippen LogP contribution >= 0.6 is 0 Å². The molecule has 0 unspecified atom stereocenters. The Morgan fingerprint density at radius 3 is 2.62 bits per heavy atom. The van der Waals surface area contributed by atoms with Crippen molar-refractivity contribution in [3.05, 3.63) is 41.7 Å². The van der Waals surface area contributed by atoms with Gasteiger partial charge in [0.05, 0.1) is 6.42 Å². The number of hydrogen-bond acceptors (Lipinski definition) is 6. The molecule has 0 fully saturated rings. The van der Waals surface area contributed by atoms with Crippen molar-refractivity contribution in [2.75, 3.05) is 5.73 Å². The van der Waals surface area contributed by atoms with Crippen molar-refractivity contribution >= 4 is 17.9 Å². The highest BCUT2D eigenvalue weighted by Gasteiger charge is 2.10. The maximum Gasteiger partial charge on any atom is 0.328 e. The van der Waals surface area contributed by atoms with Gasteiger partial charge in [-0.15, -0.1) is 5.10 Å². The average Bonchev–Trinajstić information content (AvgIpc) is 2.82. The summed E-state index contributed by atoms with van der Waals surface area (Å²) in [6.45, 7) is -0.0994. The molecule has 0 bridgehead atoms. The number of aromatic nitrogens is 3. The van der Waals surface area contributed by atoms with E-state index in [0.29, 0.717) is 11.1 Å². The van der Waals surface area contributed by atoms with Crippen LogP contribution in [0.4, 0.5) is 5.95 Å². The first-order chi connectivity index (χ1) is 10.0. The van der Waals surface area contributed by atoms with Crippen LogP contribution in [0.25, 0.3) is 0 Å². The van der Waals surface area contributed by atoms with Crippen LogP contribution in [0.1, 0.15) is 11.1 Å². The van der Waals surface area contributed by atoms with Gasteiger partial charge < -0.3 is 15.6 Å². The molecule has 0 saturated carbocycles. The first-order valence-corrected chi connectivity index (χ1v) is 6.13. The predicted molar refractivity (Wildman–Crippen MR) is 72.0 cm³/mol. The predicted octanol–water partition coefficient (Wildman–Crippen LogP) is 0.231. The highest BCUT2D eigenvalue weighted by molar-refractivity contribution is 5.71. The van der Waals surface area contributed by atoms with Gasteiger partial charge in [-0.25, -0.2) is 9.67 Å². The topological polar surface area (TPSA) is 120 Å². The zero-order chi connectivity index (χ0) is 15.2. The average molecular weight is 290 g/mol. The molecule has 3 N–H and O–H groups in total. The molecule has 0 aliphatic rings. The van der Waals surface area contributed by atoms with Gasteiger partial charge in [-0.3, -0.25) is 9.59 Å². The van der Waals surface area contributed by atoms with Gasteiger partial charge in [0.15, 0.2) is 0 Å². The van der Waals surface area contributed by atoms with E-state index in [0.717, 1.165) is 0 Å².